The fourth-order valence-electron chi connectivity index (χ4n) is 2.79. The number of likely N-dealkylation sites (tertiary alicyclic amines) is 1. The van der Waals surface area contributed by atoms with E-state index in [1.807, 2.05) is 12.1 Å². The molecule has 0 bridgehead atoms. The van der Waals surface area contributed by atoms with Crippen LogP contribution in [-0.4, -0.2) is 31.6 Å². The van der Waals surface area contributed by atoms with Crippen molar-refractivity contribution >= 4 is 0 Å². The van der Waals surface area contributed by atoms with Crippen LogP contribution in [0, 0.1) is 5.82 Å². The average Bonchev–Trinajstić information content (AvgIpc) is 2.39. The van der Waals surface area contributed by atoms with Crippen molar-refractivity contribution in [3.63, 3.8) is 0 Å². The molecule has 0 aromatic heterocycles. The van der Waals surface area contributed by atoms with Crippen molar-refractivity contribution in [1.82, 2.24) is 4.90 Å². The lowest BCUT2D eigenvalue weighted by Crippen LogP contribution is -2.35. The second-order valence-electron chi connectivity index (χ2n) is 5.03. The Morgan fingerprint density at radius 3 is 2.94 bits per heavy atom. The van der Waals surface area contributed by atoms with E-state index < -0.39 is 0 Å². The van der Waals surface area contributed by atoms with Gasteiger partial charge in [0.25, 0.3) is 0 Å². The molecule has 18 heavy (non-hydrogen) atoms. The third kappa shape index (κ3) is 3.02. The molecular formula is C15H22FNO. The highest BCUT2D eigenvalue weighted by Crippen LogP contribution is 2.30. The van der Waals surface area contributed by atoms with Crippen LogP contribution in [0.5, 0.6) is 5.75 Å². The van der Waals surface area contributed by atoms with Gasteiger partial charge in [-0.05, 0) is 49.9 Å². The van der Waals surface area contributed by atoms with Crippen LogP contribution in [0.3, 0.4) is 0 Å². The van der Waals surface area contributed by atoms with Gasteiger partial charge in [0.2, 0.25) is 0 Å². The molecule has 1 aliphatic heterocycles. The number of nitrogens with zero attached hydrogens (tertiary/aromatic N) is 1. The van der Waals surface area contributed by atoms with Crippen LogP contribution in [0.1, 0.15) is 37.7 Å². The maximum absolute atomic E-state index is 14.0. The maximum Gasteiger partial charge on any atom is 0.130 e. The zero-order valence-electron chi connectivity index (χ0n) is 11.3. The van der Waals surface area contributed by atoms with E-state index in [2.05, 4.69) is 11.8 Å². The monoisotopic (exact) mass is 251 g/mol. The summed E-state index contributed by atoms with van der Waals surface area (Å²) < 4.78 is 19.1. The molecule has 0 spiro atoms. The minimum Gasteiger partial charge on any atom is -0.497 e. The van der Waals surface area contributed by atoms with E-state index in [0.717, 1.165) is 44.5 Å². The number of halogens is 1. The van der Waals surface area contributed by atoms with Crippen LogP contribution in [-0.2, 0) is 0 Å². The Balaban J connectivity index is 2.10. The average molecular weight is 251 g/mol. The highest BCUT2D eigenvalue weighted by Gasteiger charge is 2.23. The summed E-state index contributed by atoms with van der Waals surface area (Å²) in [4.78, 5) is 2.44. The van der Waals surface area contributed by atoms with E-state index >= 15 is 0 Å². The number of rotatable bonds is 4. The molecule has 1 unspecified atom stereocenters. The smallest absolute Gasteiger partial charge is 0.130 e. The lowest BCUT2D eigenvalue weighted by molar-refractivity contribution is 0.206. The van der Waals surface area contributed by atoms with Gasteiger partial charge in [0.05, 0.1) is 7.11 Å². The first-order valence-electron chi connectivity index (χ1n) is 6.80. The largest absolute Gasteiger partial charge is 0.497 e. The molecule has 2 nitrogen and oxygen atoms in total. The first kappa shape index (κ1) is 13.3. The zero-order chi connectivity index (χ0) is 13.0. The number of methoxy groups -OCH3 is 1. The van der Waals surface area contributed by atoms with Crippen LogP contribution in [0.2, 0.25) is 0 Å². The second kappa shape index (κ2) is 6.19. The lowest BCUT2D eigenvalue weighted by Gasteiger charge is -2.32. The normalized spacial score (nSPS) is 20.9. The predicted molar refractivity (Wildman–Crippen MR) is 71.7 cm³/mol. The van der Waals surface area contributed by atoms with E-state index in [-0.39, 0.29) is 5.82 Å². The highest BCUT2D eigenvalue weighted by molar-refractivity contribution is 5.31. The maximum atomic E-state index is 14.0. The van der Waals surface area contributed by atoms with Gasteiger partial charge in [-0.15, -0.1) is 0 Å². The first-order valence-corrected chi connectivity index (χ1v) is 6.80. The van der Waals surface area contributed by atoms with Gasteiger partial charge in [0.15, 0.2) is 0 Å². The van der Waals surface area contributed by atoms with Crippen molar-refractivity contribution in [2.45, 2.75) is 32.1 Å². The molecule has 1 fully saturated rings. The minimum atomic E-state index is -0.127. The summed E-state index contributed by atoms with van der Waals surface area (Å²) in [6.07, 6.45) is 3.41. The van der Waals surface area contributed by atoms with Crippen molar-refractivity contribution < 1.29 is 9.13 Å². The molecule has 0 aliphatic carbocycles. The van der Waals surface area contributed by atoms with Gasteiger partial charge >= 0.3 is 0 Å². The SMILES string of the molecule is CCCN1CCCC(c2ccc(OC)cc2F)C1. The molecule has 100 valence electrons. The summed E-state index contributed by atoms with van der Waals surface area (Å²) in [6, 6.07) is 5.24. The van der Waals surface area contributed by atoms with Crippen LogP contribution in [0.25, 0.3) is 0 Å². The van der Waals surface area contributed by atoms with Crippen LogP contribution < -0.4 is 4.74 Å². The lowest BCUT2D eigenvalue weighted by atomic mass is 9.90. The minimum absolute atomic E-state index is 0.127. The van der Waals surface area contributed by atoms with Crippen LogP contribution >= 0.6 is 0 Å². The highest BCUT2D eigenvalue weighted by atomic mass is 19.1. The van der Waals surface area contributed by atoms with E-state index in [1.165, 1.54) is 6.07 Å². The molecule has 1 aromatic carbocycles. The third-order valence-corrected chi connectivity index (χ3v) is 3.69. The van der Waals surface area contributed by atoms with Gasteiger partial charge in [-0.2, -0.15) is 0 Å². The number of hydrogen-bond acceptors (Lipinski definition) is 2. The number of benzene rings is 1. The van der Waals surface area contributed by atoms with E-state index in [1.54, 1.807) is 7.11 Å². The summed E-state index contributed by atoms with van der Waals surface area (Å²) in [7, 11) is 1.57. The second-order valence-corrected chi connectivity index (χ2v) is 5.03. The molecule has 1 saturated heterocycles. The molecule has 1 atom stereocenters. The molecule has 1 aliphatic rings. The zero-order valence-corrected chi connectivity index (χ0v) is 11.3. The summed E-state index contributed by atoms with van der Waals surface area (Å²) in [5, 5.41) is 0. The Kier molecular flexibility index (Phi) is 4.59. The molecule has 0 N–H and O–H groups in total. The Hall–Kier alpha value is -1.09. The third-order valence-electron chi connectivity index (χ3n) is 3.69. The first-order chi connectivity index (χ1) is 8.74. The van der Waals surface area contributed by atoms with Crippen LogP contribution in [0.15, 0.2) is 18.2 Å². The standard InChI is InChI=1S/C15H22FNO/c1-3-8-17-9-4-5-12(11-17)14-7-6-13(18-2)10-15(14)16/h6-7,10,12H,3-5,8-9,11H2,1-2H3. The van der Waals surface area contributed by atoms with Gasteiger partial charge in [-0.3, -0.25) is 0 Å². The topological polar surface area (TPSA) is 12.5 Å². The Labute approximate surface area is 109 Å². The van der Waals surface area contributed by atoms with Crippen molar-refractivity contribution in [2.75, 3.05) is 26.7 Å². The summed E-state index contributed by atoms with van der Waals surface area (Å²) >= 11 is 0. The van der Waals surface area contributed by atoms with Gasteiger partial charge in [-0.1, -0.05) is 13.0 Å². The predicted octanol–water partition coefficient (Wildman–Crippen LogP) is 3.42. The number of piperidine rings is 1. The van der Waals surface area contributed by atoms with Gasteiger partial charge < -0.3 is 9.64 Å². The Bertz CT molecular complexity index is 392. The molecule has 1 heterocycles. The van der Waals surface area contributed by atoms with Gasteiger partial charge in [0.1, 0.15) is 11.6 Å². The van der Waals surface area contributed by atoms with Crippen LogP contribution in [0.4, 0.5) is 4.39 Å². The molecule has 3 heteroatoms. The number of ether oxygens (including phenoxy) is 1. The molecule has 2 rings (SSSR count). The van der Waals surface area contributed by atoms with Crippen molar-refractivity contribution in [2.24, 2.45) is 0 Å². The quantitative estimate of drug-likeness (QED) is 0.813. The van der Waals surface area contributed by atoms with E-state index in [4.69, 9.17) is 4.74 Å². The molecule has 0 saturated carbocycles. The van der Waals surface area contributed by atoms with Gasteiger partial charge in [0, 0.05) is 12.6 Å². The molecule has 0 radical (unpaired) electrons. The van der Waals surface area contributed by atoms with E-state index in [9.17, 15) is 4.39 Å². The van der Waals surface area contributed by atoms with E-state index in [0.29, 0.717) is 11.7 Å². The Morgan fingerprint density at radius 1 is 1.44 bits per heavy atom. The summed E-state index contributed by atoms with van der Waals surface area (Å²) in [5.74, 6) is 0.798. The Morgan fingerprint density at radius 2 is 2.28 bits per heavy atom. The molecule has 0 amide bonds. The molecule has 1 aromatic rings. The van der Waals surface area contributed by atoms with Crippen molar-refractivity contribution in [1.29, 1.82) is 0 Å². The van der Waals surface area contributed by atoms with Gasteiger partial charge in [-0.25, -0.2) is 4.39 Å². The van der Waals surface area contributed by atoms with Crippen molar-refractivity contribution in [3.05, 3.63) is 29.6 Å². The summed E-state index contributed by atoms with van der Waals surface area (Å²) in [5.41, 5.74) is 0.844. The fraction of sp³-hybridized carbons (Fsp3) is 0.600. The molecular weight excluding hydrogens is 229 g/mol. The fourth-order valence-corrected chi connectivity index (χ4v) is 2.79. The summed E-state index contributed by atoms with van der Waals surface area (Å²) in [6.45, 7) is 5.45. The number of hydrogen-bond donors (Lipinski definition) is 0. The van der Waals surface area contributed by atoms with Crippen molar-refractivity contribution in [3.8, 4) is 5.75 Å².